The molecule has 0 N–H and O–H groups in total. The third-order valence-corrected chi connectivity index (χ3v) is 2.35. The normalized spacial score (nSPS) is 11.3. The lowest BCUT2D eigenvalue weighted by Crippen LogP contribution is -2.32. The fourth-order valence-electron chi connectivity index (χ4n) is 1.69. The Morgan fingerprint density at radius 3 is 2.24 bits per heavy atom. The second-order valence-electron chi connectivity index (χ2n) is 5.00. The van der Waals surface area contributed by atoms with E-state index in [4.69, 9.17) is 11.6 Å². The van der Waals surface area contributed by atoms with Crippen LogP contribution >= 0.6 is 11.6 Å². The number of anilines is 1. The summed E-state index contributed by atoms with van der Waals surface area (Å²) in [7, 11) is 0. The molecular weight excluding hydrogens is 241 g/mol. The lowest BCUT2D eigenvalue weighted by atomic mass is 10.1. The zero-order valence-electron chi connectivity index (χ0n) is 10.7. The first-order valence-electron chi connectivity index (χ1n) is 5.83. The molecule has 1 heterocycles. The minimum Gasteiger partial charge on any atom is -0.354 e. The first-order valence-corrected chi connectivity index (χ1v) is 6.21. The highest BCUT2D eigenvalue weighted by molar-refractivity contribution is 6.28. The first-order chi connectivity index (χ1) is 7.90. The number of nitrogens with zero attached hydrogens (tertiary/aromatic N) is 3. The van der Waals surface area contributed by atoms with Crippen molar-refractivity contribution in [1.82, 2.24) is 9.97 Å². The van der Waals surface area contributed by atoms with Gasteiger partial charge in [-0.05, 0) is 23.4 Å². The van der Waals surface area contributed by atoms with Crippen molar-refractivity contribution in [2.45, 2.75) is 27.7 Å². The molecule has 0 saturated carbocycles. The second kappa shape index (κ2) is 6.15. The number of rotatable bonds is 5. The van der Waals surface area contributed by atoms with Crippen molar-refractivity contribution in [2.24, 2.45) is 11.8 Å². The maximum Gasteiger partial charge on any atom is 0.224 e. The highest BCUT2D eigenvalue weighted by Crippen LogP contribution is 2.19. The molecule has 0 aliphatic carbocycles. The fraction of sp³-hybridized carbons (Fsp3) is 0.667. The van der Waals surface area contributed by atoms with Crippen LogP contribution in [0, 0.1) is 17.7 Å². The van der Waals surface area contributed by atoms with E-state index in [1.807, 2.05) is 4.90 Å². The summed E-state index contributed by atoms with van der Waals surface area (Å²) in [6.45, 7) is 9.87. The molecule has 5 heteroatoms. The Kier molecular flexibility index (Phi) is 5.12. The van der Waals surface area contributed by atoms with Crippen molar-refractivity contribution in [3.63, 3.8) is 0 Å². The predicted octanol–water partition coefficient (Wildman–Crippen LogP) is 3.39. The standard InChI is InChI=1S/C12H19ClFN3/c1-8(2)6-17(7-9(3)4)11-10(14)5-15-12(13)16-11/h5,8-9H,6-7H2,1-4H3. The topological polar surface area (TPSA) is 29.0 Å². The van der Waals surface area contributed by atoms with E-state index in [1.165, 1.54) is 0 Å². The van der Waals surface area contributed by atoms with E-state index in [-0.39, 0.29) is 5.28 Å². The van der Waals surface area contributed by atoms with Gasteiger partial charge in [0.2, 0.25) is 5.28 Å². The van der Waals surface area contributed by atoms with Crippen LogP contribution in [0.5, 0.6) is 0 Å². The summed E-state index contributed by atoms with van der Waals surface area (Å²) in [5.74, 6) is 0.742. The van der Waals surface area contributed by atoms with E-state index in [2.05, 4.69) is 37.7 Å². The van der Waals surface area contributed by atoms with Gasteiger partial charge in [-0.15, -0.1) is 0 Å². The van der Waals surface area contributed by atoms with Gasteiger partial charge in [0.15, 0.2) is 11.6 Å². The Hall–Kier alpha value is -0.900. The first kappa shape index (κ1) is 14.2. The summed E-state index contributed by atoms with van der Waals surface area (Å²) in [4.78, 5) is 9.55. The van der Waals surface area contributed by atoms with E-state index in [9.17, 15) is 4.39 Å². The van der Waals surface area contributed by atoms with E-state index in [0.29, 0.717) is 17.7 Å². The molecule has 0 fully saturated rings. The SMILES string of the molecule is CC(C)CN(CC(C)C)c1nc(Cl)ncc1F. The van der Waals surface area contributed by atoms with Crippen molar-refractivity contribution in [3.8, 4) is 0 Å². The van der Waals surface area contributed by atoms with Crippen LogP contribution in [0.25, 0.3) is 0 Å². The number of hydrogen-bond donors (Lipinski definition) is 0. The molecule has 0 unspecified atom stereocenters. The molecule has 0 bridgehead atoms. The Morgan fingerprint density at radius 2 is 1.76 bits per heavy atom. The van der Waals surface area contributed by atoms with Gasteiger partial charge in [-0.25, -0.2) is 9.37 Å². The zero-order valence-corrected chi connectivity index (χ0v) is 11.5. The molecule has 0 aliphatic heterocycles. The van der Waals surface area contributed by atoms with Crippen LogP contribution in [0.1, 0.15) is 27.7 Å². The average Bonchev–Trinajstić information content (AvgIpc) is 2.19. The third-order valence-electron chi connectivity index (χ3n) is 2.17. The van der Waals surface area contributed by atoms with Gasteiger partial charge in [0.25, 0.3) is 0 Å². The second-order valence-corrected chi connectivity index (χ2v) is 5.34. The minimum absolute atomic E-state index is 0.0823. The number of hydrogen-bond acceptors (Lipinski definition) is 3. The summed E-state index contributed by atoms with van der Waals surface area (Å²) < 4.78 is 13.7. The molecule has 17 heavy (non-hydrogen) atoms. The highest BCUT2D eigenvalue weighted by atomic mass is 35.5. The zero-order chi connectivity index (χ0) is 13.0. The summed E-state index contributed by atoms with van der Waals surface area (Å²) in [6.07, 6.45) is 1.12. The third kappa shape index (κ3) is 4.46. The number of halogens is 2. The number of aromatic nitrogens is 2. The molecule has 1 aromatic heterocycles. The van der Waals surface area contributed by atoms with Gasteiger partial charge in [0.05, 0.1) is 6.20 Å². The van der Waals surface area contributed by atoms with Crippen molar-refractivity contribution < 1.29 is 4.39 Å². The molecule has 0 atom stereocenters. The lowest BCUT2D eigenvalue weighted by molar-refractivity contribution is 0.529. The molecule has 0 amide bonds. The molecule has 3 nitrogen and oxygen atoms in total. The van der Waals surface area contributed by atoms with Gasteiger partial charge in [-0.3, -0.25) is 0 Å². The van der Waals surface area contributed by atoms with Crippen molar-refractivity contribution >= 4 is 17.4 Å². The molecule has 0 spiro atoms. The molecule has 1 rings (SSSR count). The van der Waals surface area contributed by atoms with Crippen molar-refractivity contribution in [2.75, 3.05) is 18.0 Å². The minimum atomic E-state index is -0.421. The van der Waals surface area contributed by atoms with Crippen LogP contribution in [-0.4, -0.2) is 23.1 Å². The van der Waals surface area contributed by atoms with E-state index < -0.39 is 5.82 Å². The van der Waals surface area contributed by atoms with Gasteiger partial charge < -0.3 is 4.90 Å². The summed E-state index contributed by atoms with van der Waals surface area (Å²) in [6, 6.07) is 0. The van der Waals surface area contributed by atoms with E-state index >= 15 is 0 Å². The lowest BCUT2D eigenvalue weighted by Gasteiger charge is -2.27. The van der Waals surface area contributed by atoms with Gasteiger partial charge in [0.1, 0.15) is 0 Å². The molecular formula is C12H19ClFN3. The quantitative estimate of drug-likeness (QED) is 0.759. The highest BCUT2D eigenvalue weighted by Gasteiger charge is 2.16. The molecule has 96 valence electrons. The fourth-order valence-corrected chi connectivity index (χ4v) is 1.82. The molecule has 0 aromatic carbocycles. The summed E-state index contributed by atoms with van der Waals surface area (Å²) in [5, 5.41) is 0.0823. The molecule has 1 aromatic rings. The molecule has 0 saturated heterocycles. The largest absolute Gasteiger partial charge is 0.354 e. The van der Waals surface area contributed by atoms with Crippen molar-refractivity contribution in [3.05, 3.63) is 17.3 Å². The van der Waals surface area contributed by atoms with Crippen LogP contribution < -0.4 is 4.90 Å². The Bertz CT molecular complexity index is 359. The van der Waals surface area contributed by atoms with Crippen LogP contribution in [0.15, 0.2) is 6.20 Å². The van der Waals surface area contributed by atoms with E-state index in [1.54, 1.807) is 0 Å². The van der Waals surface area contributed by atoms with Crippen LogP contribution in [0.3, 0.4) is 0 Å². The average molecular weight is 260 g/mol. The van der Waals surface area contributed by atoms with Crippen LogP contribution in [0.2, 0.25) is 5.28 Å². The summed E-state index contributed by atoms with van der Waals surface area (Å²) >= 11 is 5.72. The van der Waals surface area contributed by atoms with Gasteiger partial charge in [-0.2, -0.15) is 4.98 Å². The Balaban J connectivity index is 2.98. The van der Waals surface area contributed by atoms with Gasteiger partial charge >= 0.3 is 0 Å². The maximum absolute atomic E-state index is 13.7. The van der Waals surface area contributed by atoms with Gasteiger partial charge in [-0.1, -0.05) is 27.7 Å². The molecule has 0 aliphatic rings. The Morgan fingerprint density at radius 1 is 1.24 bits per heavy atom. The smallest absolute Gasteiger partial charge is 0.224 e. The summed E-state index contributed by atoms with van der Waals surface area (Å²) in [5.41, 5.74) is 0. The van der Waals surface area contributed by atoms with Crippen molar-refractivity contribution in [1.29, 1.82) is 0 Å². The van der Waals surface area contributed by atoms with Crippen LogP contribution in [-0.2, 0) is 0 Å². The van der Waals surface area contributed by atoms with Gasteiger partial charge in [0, 0.05) is 13.1 Å². The monoisotopic (exact) mass is 259 g/mol. The Labute approximate surface area is 107 Å². The molecule has 0 radical (unpaired) electrons. The predicted molar refractivity (Wildman–Crippen MR) is 68.9 cm³/mol. The maximum atomic E-state index is 13.7. The van der Waals surface area contributed by atoms with E-state index in [0.717, 1.165) is 19.3 Å². The van der Waals surface area contributed by atoms with Crippen LogP contribution in [0.4, 0.5) is 10.2 Å².